The lowest BCUT2D eigenvalue weighted by atomic mass is 10.1. The fraction of sp³-hybridized carbons (Fsp3) is 0.562. The summed E-state index contributed by atoms with van der Waals surface area (Å²) in [6.45, 7) is 3.74. The summed E-state index contributed by atoms with van der Waals surface area (Å²) in [4.78, 5) is 11.1. The highest BCUT2D eigenvalue weighted by Gasteiger charge is 2.01. The monoisotopic (exact) mass is 299 g/mol. The summed E-state index contributed by atoms with van der Waals surface area (Å²) in [7, 11) is 0. The summed E-state index contributed by atoms with van der Waals surface area (Å²) in [5, 5.41) is 3.23. The molecule has 0 atom stereocenters. The Morgan fingerprint density at radius 1 is 1.10 bits per heavy atom. The molecule has 118 valence electrons. The number of hydrogen-bond acceptors (Lipinski definition) is 3. The molecule has 1 rings (SSSR count). The average molecular weight is 299 g/mol. The quantitative estimate of drug-likeness (QED) is 0.532. The maximum absolute atomic E-state index is 13.0. The van der Waals surface area contributed by atoms with Crippen LogP contribution < -0.4 is 5.32 Å². The van der Waals surface area contributed by atoms with Crippen LogP contribution in [-0.2, 0) is 16.0 Å². The summed E-state index contributed by atoms with van der Waals surface area (Å²) >= 11 is 0. The topological polar surface area (TPSA) is 38.3 Å². The number of carbonyl (C=O) groups excluding carboxylic acids is 1. The molecule has 0 spiro atoms. The fourth-order valence-corrected chi connectivity index (χ4v) is 2.04. The van der Waals surface area contributed by atoms with Crippen molar-refractivity contribution < 1.29 is 18.3 Å². The van der Waals surface area contributed by atoms with Gasteiger partial charge in [-0.05, 0) is 57.0 Å². The Hall–Kier alpha value is -1.49. The lowest BCUT2D eigenvalue weighted by Crippen LogP contribution is -2.18. The van der Waals surface area contributed by atoms with Crippen LogP contribution in [0.4, 0.5) is 8.78 Å². The second-order valence-corrected chi connectivity index (χ2v) is 4.89. The van der Waals surface area contributed by atoms with Gasteiger partial charge in [0.2, 0.25) is 0 Å². The van der Waals surface area contributed by atoms with Crippen LogP contribution in [0.1, 0.15) is 38.2 Å². The molecule has 0 saturated heterocycles. The van der Waals surface area contributed by atoms with Crippen molar-refractivity contribution in [2.45, 2.75) is 39.0 Å². The van der Waals surface area contributed by atoms with Crippen LogP contribution in [0.3, 0.4) is 0 Å². The summed E-state index contributed by atoms with van der Waals surface area (Å²) in [6.07, 6.45) is 3.82. The summed E-state index contributed by atoms with van der Waals surface area (Å²) < 4.78 is 30.8. The molecule has 3 nitrogen and oxygen atoms in total. The Morgan fingerprint density at radius 3 is 2.48 bits per heavy atom. The van der Waals surface area contributed by atoms with Gasteiger partial charge >= 0.3 is 5.97 Å². The van der Waals surface area contributed by atoms with E-state index in [4.69, 9.17) is 4.74 Å². The minimum absolute atomic E-state index is 0.140. The van der Waals surface area contributed by atoms with Crippen LogP contribution in [-0.4, -0.2) is 25.7 Å². The average Bonchev–Trinajstić information content (AvgIpc) is 2.41. The van der Waals surface area contributed by atoms with E-state index in [0.29, 0.717) is 31.6 Å². The number of nitrogens with one attached hydrogen (secondary N) is 1. The van der Waals surface area contributed by atoms with Gasteiger partial charge in [0.05, 0.1) is 6.61 Å². The highest BCUT2D eigenvalue weighted by atomic mass is 19.1. The van der Waals surface area contributed by atoms with E-state index in [1.54, 1.807) is 6.92 Å². The van der Waals surface area contributed by atoms with Gasteiger partial charge in [-0.15, -0.1) is 0 Å². The molecule has 0 aromatic heterocycles. The molecule has 1 aromatic carbocycles. The minimum Gasteiger partial charge on any atom is -0.466 e. The molecule has 0 radical (unpaired) electrons. The van der Waals surface area contributed by atoms with Crippen molar-refractivity contribution in [2.75, 3.05) is 19.7 Å². The molecule has 0 aliphatic carbocycles. The maximum Gasteiger partial charge on any atom is 0.305 e. The maximum atomic E-state index is 13.0. The molecule has 0 saturated carbocycles. The van der Waals surface area contributed by atoms with Gasteiger partial charge in [0.1, 0.15) is 11.6 Å². The Kier molecular flexibility index (Phi) is 8.59. The zero-order valence-electron chi connectivity index (χ0n) is 12.5. The second kappa shape index (κ2) is 10.3. The lowest BCUT2D eigenvalue weighted by Gasteiger charge is -2.06. The minimum atomic E-state index is -0.538. The van der Waals surface area contributed by atoms with E-state index in [1.165, 1.54) is 12.1 Å². The SMILES string of the molecule is CCOC(=O)CCCCCNCCc1cc(F)cc(F)c1. The summed E-state index contributed by atoms with van der Waals surface area (Å²) in [5.41, 5.74) is 0.655. The van der Waals surface area contributed by atoms with Crippen molar-refractivity contribution in [1.29, 1.82) is 0 Å². The molecule has 0 aliphatic rings. The molecule has 1 aromatic rings. The van der Waals surface area contributed by atoms with E-state index >= 15 is 0 Å². The molecule has 0 aliphatic heterocycles. The van der Waals surface area contributed by atoms with Crippen LogP contribution in [0.5, 0.6) is 0 Å². The molecule has 0 bridgehead atoms. The van der Waals surface area contributed by atoms with E-state index in [-0.39, 0.29) is 5.97 Å². The van der Waals surface area contributed by atoms with Crippen molar-refractivity contribution in [3.63, 3.8) is 0 Å². The molecule has 1 N–H and O–H groups in total. The van der Waals surface area contributed by atoms with Gasteiger partial charge in [-0.1, -0.05) is 6.42 Å². The third-order valence-electron chi connectivity index (χ3n) is 3.05. The molecule has 0 unspecified atom stereocenters. The van der Waals surface area contributed by atoms with Gasteiger partial charge in [-0.25, -0.2) is 8.78 Å². The summed E-state index contributed by atoms with van der Waals surface area (Å²) in [5.74, 6) is -1.22. The van der Waals surface area contributed by atoms with Gasteiger partial charge < -0.3 is 10.1 Å². The van der Waals surface area contributed by atoms with Gasteiger partial charge in [0.15, 0.2) is 0 Å². The lowest BCUT2D eigenvalue weighted by molar-refractivity contribution is -0.143. The largest absolute Gasteiger partial charge is 0.466 e. The fourth-order valence-electron chi connectivity index (χ4n) is 2.04. The Morgan fingerprint density at radius 2 is 1.81 bits per heavy atom. The highest BCUT2D eigenvalue weighted by molar-refractivity contribution is 5.69. The van der Waals surface area contributed by atoms with Crippen molar-refractivity contribution in [1.82, 2.24) is 5.32 Å². The molecule has 0 amide bonds. The van der Waals surface area contributed by atoms with Crippen molar-refractivity contribution in [2.24, 2.45) is 0 Å². The van der Waals surface area contributed by atoms with Gasteiger partial charge in [0, 0.05) is 12.5 Å². The smallest absolute Gasteiger partial charge is 0.305 e. The summed E-state index contributed by atoms with van der Waals surface area (Å²) in [6, 6.07) is 3.58. The number of carbonyl (C=O) groups is 1. The number of benzene rings is 1. The number of ether oxygens (including phenoxy) is 1. The highest BCUT2D eigenvalue weighted by Crippen LogP contribution is 2.08. The first-order chi connectivity index (χ1) is 10.1. The third kappa shape index (κ3) is 8.40. The number of rotatable bonds is 10. The number of hydrogen-bond donors (Lipinski definition) is 1. The van der Waals surface area contributed by atoms with Crippen LogP contribution in [0.2, 0.25) is 0 Å². The number of esters is 1. The van der Waals surface area contributed by atoms with Gasteiger partial charge in [-0.3, -0.25) is 4.79 Å². The number of unbranched alkanes of at least 4 members (excludes halogenated alkanes) is 2. The third-order valence-corrected chi connectivity index (χ3v) is 3.05. The predicted octanol–water partition coefficient (Wildman–Crippen LogP) is 3.22. The van der Waals surface area contributed by atoms with E-state index in [2.05, 4.69) is 5.32 Å². The molecule has 0 fully saturated rings. The second-order valence-electron chi connectivity index (χ2n) is 4.89. The normalized spacial score (nSPS) is 10.6. The van der Waals surface area contributed by atoms with E-state index in [9.17, 15) is 13.6 Å². The molecular weight excluding hydrogens is 276 g/mol. The Balaban J connectivity index is 2.01. The van der Waals surface area contributed by atoms with Crippen molar-refractivity contribution in [3.8, 4) is 0 Å². The van der Waals surface area contributed by atoms with E-state index in [1.807, 2.05) is 0 Å². The van der Waals surface area contributed by atoms with Crippen molar-refractivity contribution >= 4 is 5.97 Å². The van der Waals surface area contributed by atoms with Crippen LogP contribution >= 0.6 is 0 Å². The Labute approximate surface area is 124 Å². The first-order valence-corrected chi connectivity index (χ1v) is 7.43. The van der Waals surface area contributed by atoms with E-state index in [0.717, 1.165) is 31.9 Å². The first kappa shape index (κ1) is 17.6. The predicted molar refractivity (Wildman–Crippen MR) is 78.0 cm³/mol. The van der Waals surface area contributed by atoms with Crippen molar-refractivity contribution in [3.05, 3.63) is 35.4 Å². The Bertz CT molecular complexity index is 418. The van der Waals surface area contributed by atoms with E-state index < -0.39 is 11.6 Å². The van der Waals surface area contributed by atoms with Crippen LogP contribution in [0.15, 0.2) is 18.2 Å². The zero-order chi connectivity index (χ0) is 15.5. The van der Waals surface area contributed by atoms with Crippen LogP contribution in [0.25, 0.3) is 0 Å². The molecule has 0 heterocycles. The van der Waals surface area contributed by atoms with Gasteiger partial charge in [-0.2, -0.15) is 0 Å². The zero-order valence-corrected chi connectivity index (χ0v) is 12.5. The van der Waals surface area contributed by atoms with Gasteiger partial charge in [0.25, 0.3) is 0 Å². The first-order valence-electron chi connectivity index (χ1n) is 7.43. The molecule has 21 heavy (non-hydrogen) atoms. The van der Waals surface area contributed by atoms with Crippen LogP contribution in [0, 0.1) is 11.6 Å². The standard InChI is InChI=1S/C16H23F2NO2/c1-2-21-16(20)6-4-3-5-8-19-9-7-13-10-14(17)12-15(18)11-13/h10-12,19H,2-9H2,1H3. The molecule has 5 heteroatoms. The molecular formula is C16H23F2NO2. The number of halogens is 2.